The molecule has 2 aromatic rings. The number of aromatic nitrogens is 1. The molecule has 5 nitrogen and oxygen atoms in total. The smallest absolute Gasteiger partial charge is 0.228 e. The SMILES string of the molecule is CCc1ccc(CN(Cc2cccnc2)C(=O)[C@H]2CC(=O)N(C3CCCC3)C2)cc1. The highest BCUT2D eigenvalue weighted by Gasteiger charge is 2.40. The van der Waals surface area contributed by atoms with E-state index in [2.05, 4.69) is 36.2 Å². The number of benzene rings is 1. The Morgan fingerprint density at radius 1 is 1.07 bits per heavy atom. The number of likely N-dealkylation sites (tertiary alicyclic amines) is 1. The van der Waals surface area contributed by atoms with Gasteiger partial charge in [-0.15, -0.1) is 0 Å². The largest absolute Gasteiger partial charge is 0.339 e. The van der Waals surface area contributed by atoms with Gasteiger partial charge in [-0.3, -0.25) is 14.6 Å². The van der Waals surface area contributed by atoms with Crippen molar-refractivity contribution < 1.29 is 9.59 Å². The molecule has 0 bridgehead atoms. The molecule has 1 aromatic heterocycles. The van der Waals surface area contributed by atoms with Crippen molar-refractivity contribution >= 4 is 11.8 Å². The number of rotatable bonds is 7. The molecule has 2 aliphatic rings. The Kier molecular flexibility index (Phi) is 6.46. The van der Waals surface area contributed by atoms with Crippen molar-refractivity contribution in [2.75, 3.05) is 6.54 Å². The maximum absolute atomic E-state index is 13.5. The quantitative estimate of drug-likeness (QED) is 0.701. The van der Waals surface area contributed by atoms with Crippen molar-refractivity contribution in [2.45, 2.75) is 64.6 Å². The Hall–Kier alpha value is -2.69. The van der Waals surface area contributed by atoms with Crippen LogP contribution in [0.1, 0.15) is 55.7 Å². The van der Waals surface area contributed by atoms with Gasteiger partial charge in [-0.1, -0.05) is 50.1 Å². The minimum atomic E-state index is -0.246. The average molecular weight is 406 g/mol. The summed E-state index contributed by atoms with van der Waals surface area (Å²) in [7, 11) is 0. The zero-order chi connectivity index (χ0) is 20.9. The molecule has 30 heavy (non-hydrogen) atoms. The van der Waals surface area contributed by atoms with Crippen LogP contribution >= 0.6 is 0 Å². The van der Waals surface area contributed by atoms with Crippen LogP contribution in [-0.2, 0) is 29.1 Å². The van der Waals surface area contributed by atoms with Gasteiger partial charge < -0.3 is 9.80 Å². The van der Waals surface area contributed by atoms with Crippen molar-refractivity contribution in [3.05, 3.63) is 65.5 Å². The fourth-order valence-electron chi connectivity index (χ4n) is 4.75. The van der Waals surface area contributed by atoms with Crippen molar-refractivity contribution in [1.82, 2.24) is 14.8 Å². The molecular formula is C25H31N3O2. The molecule has 1 aliphatic carbocycles. The van der Waals surface area contributed by atoms with Gasteiger partial charge in [0.05, 0.1) is 5.92 Å². The van der Waals surface area contributed by atoms with Gasteiger partial charge in [-0.2, -0.15) is 0 Å². The normalized spacial score (nSPS) is 19.4. The van der Waals surface area contributed by atoms with Crippen LogP contribution in [0.25, 0.3) is 0 Å². The van der Waals surface area contributed by atoms with Crippen molar-refractivity contribution in [2.24, 2.45) is 5.92 Å². The van der Waals surface area contributed by atoms with Crippen LogP contribution < -0.4 is 0 Å². The fourth-order valence-corrected chi connectivity index (χ4v) is 4.75. The number of carbonyl (C=O) groups is 2. The highest BCUT2D eigenvalue weighted by atomic mass is 16.2. The predicted molar refractivity (Wildman–Crippen MR) is 116 cm³/mol. The Bertz CT molecular complexity index is 860. The lowest BCUT2D eigenvalue weighted by molar-refractivity contribution is -0.137. The molecule has 1 saturated carbocycles. The van der Waals surface area contributed by atoms with Crippen molar-refractivity contribution in [3.63, 3.8) is 0 Å². The number of hydrogen-bond acceptors (Lipinski definition) is 3. The minimum absolute atomic E-state index is 0.0762. The van der Waals surface area contributed by atoms with E-state index in [1.165, 1.54) is 18.4 Å². The van der Waals surface area contributed by atoms with Crippen LogP contribution in [0.2, 0.25) is 0 Å². The summed E-state index contributed by atoms with van der Waals surface area (Å²) in [5, 5.41) is 0. The maximum atomic E-state index is 13.5. The molecule has 2 heterocycles. The zero-order valence-electron chi connectivity index (χ0n) is 17.8. The summed E-state index contributed by atoms with van der Waals surface area (Å²) in [4.78, 5) is 34.2. The van der Waals surface area contributed by atoms with Crippen LogP contribution in [-0.4, -0.2) is 39.2 Å². The number of pyridine rings is 1. The molecule has 4 rings (SSSR count). The first kappa shape index (κ1) is 20.6. The van der Waals surface area contributed by atoms with E-state index in [1.807, 2.05) is 28.1 Å². The Balaban J connectivity index is 1.50. The first-order valence-electron chi connectivity index (χ1n) is 11.2. The lowest BCUT2D eigenvalue weighted by atomic mass is 10.0. The molecule has 5 heteroatoms. The second-order valence-corrected chi connectivity index (χ2v) is 8.61. The van der Waals surface area contributed by atoms with E-state index < -0.39 is 0 Å². The molecular weight excluding hydrogens is 374 g/mol. The van der Waals surface area contributed by atoms with Gasteiger partial charge in [0.2, 0.25) is 11.8 Å². The Labute approximate surface area is 179 Å². The molecule has 0 N–H and O–H groups in total. The zero-order valence-corrected chi connectivity index (χ0v) is 17.8. The molecule has 2 amide bonds. The molecule has 1 aromatic carbocycles. The number of amides is 2. The summed E-state index contributed by atoms with van der Waals surface area (Å²) in [6, 6.07) is 12.7. The van der Waals surface area contributed by atoms with E-state index in [-0.39, 0.29) is 17.7 Å². The van der Waals surface area contributed by atoms with E-state index >= 15 is 0 Å². The third-order valence-electron chi connectivity index (χ3n) is 6.49. The van der Waals surface area contributed by atoms with Crippen LogP contribution in [0.4, 0.5) is 0 Å². The molecule has 1 aliphatic heterocycles. The van der Waals surface area contributed by atoms with Gasteiger partial charge in [0, 0.05) is 44.5 Å². The summed E-state index contributed by atoms with van der Waals surface area (Å²) in [5.41, 5.74) is 3.41. The predicted octanol–water partition coefficient (Wildman–Crippen LogP) is 3.96. The van der Waals surface area contributed by atoms with Gasteiger partial charge in [-0.25, -0.2) is 0 Å². The number of carbonyl (C=O) groups excluding carboxylic acids is 2. The van der Waals surface area contributed by atoms with Crippen molar-refractivity contribution in [3.8, 4) is 0 Å². The highest BCUT2D eigenvalue weighted by molar-refractivity contribution is 5.89. The van der Waals surface area contributed by atoms with E-state index in [4.69, 9.17) is 0 Å². The first-order chi connectivity index (χ1) is 14.6. The average Bonchev–Trinajstić information content (AvgIpc) is 3.43. The van der Waals surface area contributed by atoms with E-state index in [0.717, 1.165) is 30.4 Å². The lowest BCUT2D eigenvalue weighted by Crippen LogP contribution is -2.38. The second kappa shape index (κ2) is 9.41. The molecule has 0 spiro atoms. The summed E-state index contributed by atoms with van der Waals surface area (Å²) in [5.74, 6) is -0.0224. The molecule has 158 valence electrons. The third-order valence-corrected chi connectivity index (χ3v) is 6.49. The minimum Gasteiger partial charge on any atom is -0.339 e. The van der Waals surface area contributed by atoms with Gasteiger partial charge in [0.1, 0.15) is 0 Å². The Morgan fingerprint density at radius 3 is 2.43 bits per heavy atom. The first-order valence-corrected chi connectivity index (χ1v) is 11.2. The molecule has 0 radical (unpaired) electrons. The summed E-state index contributed by atoms with van der Waals surface area (Å²) in [6.07, 6.45) is 9.43. The molecule has 2 fully saturated rings. The van der Waals surface area contributed by atoms with Gasteiger partial charge in [0.25, 0.3) is 0 Å². The number of hydrogen-bond donors (Lipinski definition) is 0. The van der Waals surface area contributed by atoms with E-state index in [1.54, 1.807) is 6.20 Å². The van der Waals surface area contributed by atoms with E-state index in [0.29, 0.717) is 32.1 Å². The van der Waals surface area contributed by atoms with Crippen LogP contribution in [0.15, 0.2) is 48.8 Å². The van der Waals surface area contributed by atoms with Crippen LogP contribution in [0, 0.1) is 5.92 Å². The summed E-state index contributed by atoms with van der Waals surface area (Å²) >= 11 is 0. The van der Waals surface area contributed by atoms with Crippen LogP contribution in [0.5, 0.6) is 0 Å². The van der Waals surface area contributed by atoms with Gasteiger partial charge in [0.15, 0.2) is 0 Å². The maximum Gasteiger partial charge on any atom is 0.228 e. The number of nitrogens with zero attached hydrogens (tertiary/aromatic N) is 3. The topological polar surface area (TPSA) is 53.5 Å². The third kappa shape index (κ3) is 4.72. The standard InChI is InChI=1S/C25H31N3O2/c1-2-19-9-11-20(12-10-19)16-27(17-21-6-5-13-26-15-21)25(30)22-14-24(29)28(18-22)23-7-3-4-8-23/h5-6,9-13,15,22-23H,2-4,7-8,14,16-18H2,1H3/t22-/m0/s1. The number of aryl methyl sites for hydroxylation is 1. The van der Waals surface area contributed by atoms with E-state index in [9.17, 15) is 9.59 Å². The molecule has 0 unspecified atom stereocenters. The van der Waals surface area contributed by atoms with Crippen LogP contribution in [0.3, 0.4) is 0 Å². The molecule has 1 atom stereocenters. The summed E-state index contributed by atoms with van der Waals surface area (Å²) < 4.78 is 0. The van der Waals surface area contributed by atoms with Crippen molar-refractivity contribution in [1.29, 1.82) is 0 Å². The lowest BCUT2D eigenvalue weighted by Gasteiger charge is -2.27. The monoisotopic (exact) mass is 405 g/mol. The van der Waals surface area contributed by atoms with Gasteiger partial charge >= 0.3 is 0 Å². The highest BCUT2D eigenvalue weighted by Crippen LogP contribution is 2.30. The second-order valence-electron chi connectivity index (χ2n) is 8.61. The fraction of sp³-hybridized carbons (Fsp3) is 0.480. The molecule has 1 saturated heterocycles. The summed E-state index contributed by atoms with van der Waals surface area (Å²) in [6.45, 7) is 3.77. The Morgan fingerprint density at radius 2 is 1.77 bits per heavy atom. The van der Waals surface area contributed by atoms with Gasteiger partial charge in [-0.05, 0) is 42.0 Å².